The van der Waals surface area contributed by atoms with Crippen LogP contribution in [0.15, 0.2) is 48.7 Å². The largest absolute Gasteiger partial charge is 0.312 e. The van der Waals surface area contributed by atoms with E-state index in [2.05, 4.69) is 15.8 Å². The minimum absolute atomic E-state index is 0.101. The lowest BCUT2D eigenvalue weighted by Crippen LogP contribution is -2.42. The number of rotatable bonds is 3. The van der Waals surface area contributed by atoms with Crippen molar-refractivity contribution in [3.05, 3.63) is 65.6 Å². The van der Waals surface area contributed by atoms with E-state index in [4.69, 9.17) is 0 Å². The SMILES string of the molecule is Cc1nc2ccccn2c1C(=O)NNC(=O)c1ccc(N2CCCCC2=O)cc1. The summed E-state index contributed by atoms with van der Waals surface area (Å²) < 4.78 is 1.67. The second-order valence-corrected chi connectivity index (χ2v) is 6.93. The van der Waals surface area contributed by atoms with Gasteiger partial charge in [-0.2, -0.15) is 0 Å². The minimum Gasteiger partial charge on any atom is -0.312 e. The van der Waals surface area contributed by atoms with Crippen LogP contribution in [0, 0.1) is 6.92 Å². The maximum absolute atomic E-state index is 12.5. The number of hydrazine groups is 1. The van der Waals surface area contributed by atoms with Gasteiger partial charge in [0.2, 0.25) is 5.91 Å². The molecule has 2 N–H and O–H groups in total. The van der Waals surface area contributed by atoms with E-state index in [9.17, 15) is 14.4 Å². The molecule has 1 aliphatic heterocycles. The number of aryl methyl sites for hydroxylation is 1. The quantitative estimate of drug-likeness (QED) is 0.670. The fourth-order valence-corrected chi connectivity index (χ4v) is 3.50. The molecule has 0 unspecified atom stereocenters. The molecule has 148 valence electrons. The first-order valence-corrected chi connectivity index (χ1v) is 9.49. The Kier molecular flexibility index (Phi) is 4.99. The monoisotopic (exact) mass is 391 g/mol. The number of pyridine rings is 1. The number of amides is 3. The Bertz CT molecular complexity index is 1090. The van der Waals surface area contributed by atoms with E-state index in [0.717, 1.165) is 18.5 Å². The molecule has 1 aromatic carbocycles. The van der Waals surface area contributed by atoms with Crippen LogP contribution in [0.5, 0.6) is 0 Å². The molecular weight excluding hydrogens is 370 g/mol. The molecule has 0 spiro atoms. The molecule has 0 saturated carbocycles. The molecule has 2 aromatic heterocycles. The summed E-state index contributed by atoms with van der Waals surface area (Å²) in [6.45, 7) is 2.43. The Labute approximate surface area is 167 Å². The normalized spacial score (nSPS) is 14.1. The van der Waals surface area contributed by atoms with Gasteiger partial charge in [0.1, 0.15) is 11.3 Å². The van der Waals surface area contributed by atoms with E-state index >= 15 is 0 Å². The zero-order valence-corrected chi connectivity index (χ0v) is 16.0. The summed E-state index contributed by atoms with van der Waals surface area (Å²) in [6, 6.07) is 12.2. The number of aromatic nitrogens is 2. The number of carbonyl (C=O) groups is 3. The van der Waals surface area contributed by atoms with E-state index in [1.807, 2.05) is 6.07 Å². The molecule has 8 nitrogen and oxygen atoms in total. The highest BCUT2D eigenvalue weighted by atomic mass is 16.2. The van der Waals surface area contributed by atoms with Gasteiger partial charge in [0, 0.05) is 30.4 Å². The Morgan fingerprint density at radius 1 is 1.00 bits per heavy atom. The third-order valence-corrected chi connectivity index (χ3v) is 4.97. The fourth-order valence-electron chi connectivity index (χ4n) is 3.50. The van der Waals surface area contributed by atoms with Gasteiger partial charge in [0.15, 0.2) is 0 Å². The van der Waals surface area contributed by atoms with Gasteiger partial charge in [-0.3, -0.25) is 29.6 Å². The van der Waals surface area contributed by atoms with Crippen molar-refractivity contribution >= 4 is 29.1 Å². The third kappa shape index (κ3) is 3.69. The molecule has 8 heteroatoms. The highest BCUT2D eigenvalue weighted by molar-refractivity contribution is 6.00. The van der Waals surface area contributed by atoms with Gasteiger partial charge in [0.05, 0.1) is 5.69 Å². The molecule has 29 heavy (non-hydrogen) atoms. The minimum atomic E-state index is -0.454. The van der Waals surface area contributed by atoms with Gasteiger partial charge in [-0.25, -0.2) is 4.98 Å². The second-order valence-electron chi connectivity index (χ2n) is 6.93. The number of anilines is 1. The molecule has 3 aromatic rings. The van der Waals surface area contributed by atoms with Crippen LogP contribution in [-0.4, -0.2) is 33.7 Å². The van der Waals surface area contributed by atoms with Crippen LogP contribution >= 0.6 is 0 Å². The van der Waals surface area contributed by atoms with Crippen molar-refractivity contribution in [1.29, 1.82) is 0 Å². The predicted octanol–water partition coefficient (Wildman–Crippen LogP) is 2.23. The lowest BCUT2D eigenvalue weighted by Gasteiger charge is -2.26. The van der Waals surface area contributed by atoms with Gasteiger partial charge in [-0.05, 0) is 56.2 Å². The van der Waals surface area contributed by atoms with Crippen LogP contribution in [0.1, 0.15) is 45.8 Å². The number of carbonyl (C=O) groups excluding carboxylic acids is 3. The van der Waals surface area contributed by atoms with E-state index < -0.39 is 11.8 Å². The average Bonchev–Trinajstić information content (AvgIpc) is 3.08. The third-order valence-electron chi connectivity index (χ3n) is 4.97. The van der Waals surface area contributed by atoms with Crippen LogP contribution < -0.4 is 15.8 Å². The summed E-state index contributed by atoms with van der Waals surface area (Å²) in [4.78, 5) is 43.0. The lowest BCUT2D eigenvalue weighted by atomic mass is 10.1. The van der Waals surface area contributed by atoms with Crippen LogP contribution in [0.3, 0.4) is 0 Å². The summed E-state index contributed by atoms with van der Waals surface area (Å²) in [7, 11) is 0. The molecule has 0 bridgehead atoms. The molecule has 3 amide bonds. The van der Waals surface area contributed by atoms with Crippen LogP contribution in [0.2, 0.25) is 0 Å². The lowest BCUT2D eigenvalue weighted by molar-refractivity contribution is -0.119. The molecule has 1 saturated heterocycles. The van der Waals surface area contributed by atoms with Crippen molar-refractivity contribution in [3.8, 4) is 0 Å². The second kappa shape index (κ2) is 7.75. The number of imidazole rings is 1. The predicted molar refractivity (Wildman–Crippen MR) is 108 cm³/mol. The summed E-state index contributed by atoms with van der Waals surface area (Å²) >= 11 is 0. The van der Waals surface area contributed by atoms with Gasteiger partial charge < -0.3 is 4.90 Å². The van der Waals surface area contributed by atoms with E-state index in [-0.39, 0.29) is 5.91 Å². The van der Waals surface area contributed by atoms with Gasteiger partial charge >= 0.3 is 0 Å². The van der Waals surface area contributed by atoms with Crippen molar-refractivity contribution in [3.63, 3.8) is 0 Å². The molecule has 0 radical (unpaired) electrons. The van der Waals surface area contributed by atoms with Crippen LogP contribution in [0.25, 0.3) is 5.65 Å². The van der Waals surface area contributed by atoms with Crippen molar-refractivity contribution in [2.45, 2.75) is 26.2 Å². The first-order chi connectivity index (χ1) is 14.0. The number of piperidine rings is 1. The molecule has 4 rings (SSSR count). The smallest absolute Gasteiger partial charge is 0.288 e. The zero-order valence-electron chi connectivity index (χ0n) is 16.0. The standard InChI is InChI=1S/C21H21N5O3/c1-14-19(26-13-4-2-6-17(26)22-14)21(29)24-23-20(28)15-8-10-16(11-9-15)25-12-5-3-7-18(25)27/h2,4,6,8-11,13H,3,5,7,12H2,1H3,(H,23,28)(H,24,29). The summed E-state index contributed by atoms with van der Waals surface area (Å²) in [5, 5.41) is 0. The maximum Gasteiger partial charge on any atom is 0.288 e. The Morgan fingerprint density at radius 2 is 1.76 bits per heavy atom. The number of nitrogens with one attached hydrogen (secondary N) is 2. The van der Waals surface area contributed by atoms with Crippen LogP contribution in [-0.2, 0) is 4.79 Å². The van der Waals surface area contributed by atoms with E-state index in [1.165, 1.54) is 0 Å². The average molecular weight is 391 g/mol. The molecule has 0 atom stereocenters. The van der Waals surface area contributed by atoms with Gasteiger partial charge in [-0.15, -0.1) is 0 Å². The van der Waals surface area contributed by atoms with Crippen LogP contribution in [0.4, 0.5) is 5.69 Å². The Balaban J connectivity index is 1.42. The van der Waals surface area contributed by atoms with Gasteiger partial charge in [0.25, 0.3) is 11.8 Å². The highest BCUT2D eigenvalue weighted by Crippen LogP contribution is 2.21. The summed E-state index contributed by atoms with van der Waals surface area (Å²) in [5.41, 5.74) is 7.61. The van der Waals surface area contributed by atoms with Crippen molar-refractivity contribution in [1.82, 2.24) is 20.2 Å². The first kappa shape index (κ1) is 18.7. The Hall–Kier alpha value is -3.68. The number of hydrogen-bond donors (Lipinski definition) is 2. The van der Waals surface area contributed by atoms with Crippen molar-refractivity contribution in [2.75, 3.05) is 11.4 Å². The molecule has 1 aliphatic rings. The highest BCUT2D eigenvalue weighted by Gasteiger charge is 2.20. The molecule has 1 fully saturated rings. The number of fused-ring (bicyclic) bond motifs is 1. The van der Waals surface area contributed by atoms with E-state index in [0.29, 0.717) is 35.6 Å². The zero-order chi connectivity index (χ0) is 20.4. The van der Waals surface area contributed by atoms with E-state index in [1.54, 1.807) is 58.8 Å². The first-order valence-electron chi connectivity index (χ1n) is 9.49. The fraction of sp³-hybridized carbons (Fsp3) is 0.238. The van der Waals surface area contributed by atoms with Crippen molar-refractivity contribution < 1.29 is 14.4 Å². The number of hydrogen-bond acceptors (Lipinski definition) is 4. The van der Waals surface area contributed by atoms with Gasteiger partial charge in [-0.1, -0.05) is 6.07 Å². The molecular formula is C21H21N5O3. The molecule has 0 aliphatic carbocycles. The summed E-state index contributed by atoms with van der Waals surface area (Å²) in [5.74, 6) is -0.796. The topological polar surface area (TPSA) is 95.8 Å². The summed E-state index contributed by atoms with van der Waals surface area (Å²) in [6.07, 6.45) is 4.19. The number of nitrogens with zero attached hydrogens (tertiary/aromatic N) is 3. The maximum atomic E-state index is 12.5. The Morgan fingerprint density at radius 3 is 2.52 bits per heavy atom. The number of benzene rings is 1. The molecule has 3 heterocycles. The van der Waals surface area contributed by atoms with Crippen molar-refractivity contribution in [2.24, 2.45) is 0 Å².